The van der Waals surface area contributed by atoms with E-state index in [0.29, 0.717) is 25.9 Å². The Hall–Kier alpha value is -0.723. The maximum Gasteiger partial charge on any atom is 0.192 e. The molecule has 2 aliphatic rings. The number of fused-ring (bicyclic) bond motifs is 1. The second-order valence-corrected chi connectivity index (χ2v) is 16.1. The van der Waals surface area contributed by atoms with Gasteiger partial charge in [0.25, 0.3) is 0 Å². The fourth-order valence-electron chi connectivity index (χ4n) is 5.13. The maximum absolute atomic E-state index is 11.6. The van der Waals surface area contributed by atoms with Gasteiger partial charge < -0.3 is 19.7 Å². The molecule has 1 aromatic carbocycles. The average molecular weight is 421 g/mol. The fourth-order valence-corrected chi connectivity index (χ4v) is 6.09. The van der Waals surface area contributed by atoms with Gasteiger partial charge in [-0.2, -0.15) is 0 Å². The number of aliphatic hydroxyl groups is 3. The first kappa shape index (κ1) is 23.0. The summed E-state index contributed by atoms with van der Waals surface area (Å²) in [4.78, 5) is 0. The van der Waals surface area contributed by atoms with Crippen molar-refractivity contribution in [3.8, 4) is 0 Å². The summed E-state index contributed by atoms with van der Waals surface area (Å²) < 4.78 is 6.37. The van der Waals surface area contributed by atoms with Crippen LogP contribution in [0.15, 0.2) is 24.3 Å². The lowest BCUT2D eigenvalue weighted by Crippen LogP contribution is -2.55. The van der Waals surface area contributed by atoms with Crippen molar-refractivity contribution in [1.29, 1.82) is 0 Å². The zero-order valence-corrected chi connectivity index (χ0v) is 20.1. The number of hydrogen-bond donors (Lipinski definition) is 3. The molecule has 1 aromatic rings. The van der Waals surface area contributed by atoms with Gasteiger partial charge in [0.1, 0.15) is 0 Å². The first-order chi connectivity index (χ1) is 13.3. The minimum absolute atomic E-state index is 0.109. The third-order valence-electron chi connectivity index (χ3n) is 8.60. The van der Waals surface area contributed by atoms with E-state index in [4.69, 9.17) is 4.43 Å². The highest BCUT2D eigenvalue weighted by molar-refractivity contribution is 6.74. The highest BCUT2D eigenvalue weighted by Gasteiger charge is 2.61. The van der Waals surface area contributed by atoms with Crippen LogP contribution in [0.1, 0.15) is 70.9 Å². The Kier molecular flexibility index (Phi) is 5.90. The summed E-state index contributed by atoms with van der Waals surface area (Å²) in [6.07, 6.45) is 3.12. The van der Waals surface area contributed by atoms with Crippen LogP contribution in [-0.2, 0) is 16.6 Å². The molecular formula is C24H40O4Si. The molecule has 3 N–H and O–H groups in total. The zero-order chi connectivity index (χ0) is 21.7. The van der Waals surface area contributed by atoms with Gasteiger partial charge in [-0.1, -0.05) is 52.0 Å². The third kappa shape index (κ3) is 3.97. The Balaban J connectivity index is 1.79. The van der Waals surface area contributed by atoms with Gasteiger partial charge in [0.15, 0.2) is 8.32 Å². The lowest BCUT2D eigenvalue weighted by molar-refractivity contribution is -0.173. The van der Waals surface area contributed by atoms with Crippen molar-refractivity contribution in [2.24, 2.45) is 11.3 Å². The molecule has 4 nitrogen and oxygen atoms in total. The summed E-state index contributed by atoms with van der Waals surface area (Å²) in [5, 5.41) is 32.9. The fraction of sp³-hybridized carbons (Fsp3) is 0.750. The van der Waals surface area contributed by atoms with Gasteiger partial charge in [-0.05, 0) is 60.9 Å². The molecule has 0 radical (unpaired) electrons. The summed E-state index contributed by atoms with van der Waals surface area (Å²) in [5.41, 5.74) is -0.346. The summed E-state index contributed by atoms with van der Waals surface area (Å²) in [6, 6.07) is 8.07. The van der Waals surface area contributed by atoms with E-state index in [1.54, 1.807) is 0 Å². The first-order valence-corrected chi connectivity index (χ1v) is 14.0. The summed E-state index contributed by atoms with van der Waals surface area (Å²) in [6.45, 7) is 14.0. The molecule has 4 atom stereocenters. The largest absolute Gasteiger partial charge is 0.413 e. The van der Waals surface area contributed by atoms with Crippen LogP contribution in [0.2, 0.25) is 18.1 Å². The van der Waals surface area contributed by atoms with Gasteiger partial charge in [-0.3, -0.25) is 0 Å². The van der Waals surface area contributed by atoms with Crippen LogP contribution in [0.3, 0.4) is 0 Å². The minimum atomic E-state index is -1.84. The first-order valence-electron chi connectivity index (χ1n) is 11.1. The quantitative estimate of drug-likeness (QED) is 0.603. The molecule has 0 spiro atoms. The maximum atomic E-state index is 11.6. The van der Waals surface area contributed by atoms with Crippen molar-refractivity contribution in [1.82, 2.24) is 0 Å². The zero-order valence-electron chi connectivity index (χ0n) is 19.1. The van der Waals surface area contributed by atoms with Crippen LogP contribution in [0, 0.1) is 11.3 Å². The molecule has 2 saturated carbocycles. The predicted octanol–water partition coefficient (Wildman–Crippen LogP) is 4.72. The standard InChI is InChI=1S/C24H40O4Si/c1-21(2,3)29(5,6)28-16-18-8-7-9-19(14-18)23(26)13-12-22(4)20(15-25)10-11-24(22,27)17-23/h7-9,14,20,25-27H,10-13,15-17H2,1-6H3/t20-,22-,23-,24+/m1/s1. The molecule has 2 fully saturated rings. The Morgan fingerprint density at radius 2 is 1.83 bits per heavy atom. The van der Waals surface area contributed by atoms with Crippen LogP contribution in [0.25, 0.3) is 0 Å². The van der Waals surface area contributed by atoms with Crippen molar-refractivity contribution in [2.75, 3.05) is 6.61 Å². The monoisotopic (exact) mass is 420 g/mol. The Morgan fingerprint density at radius 3 is 2.45 bits per heavy atom. The van der Waals surface area contributed by atoms with Gasteiger partial charge in [0, 0.05) is 18.4 Å². The highest BCUT2D eigenvalue weighted by atomic mass is 28.4. The Morgan fingerprint density at radius 1 is 1.14 bits per heavy atom. The topological polar surface area (TPSA) is 69.9 Å². The third-order valence-corrected chi connectivity index (χ3v) is 13.1. The molecule has 0 amide bonds. The predicted molar refractivity (Wildman–Crippen MR) is 119 cm³/mol. The molecule has 3 rings (SSSR count). The summed E-state index contributed by atoms with van der Waals surface area (Å²) in [5.74, 6) is 0.112. The number of hydrogen-bond acceptors (Lipinski definition) is 4. The minimum Gasteiger partial charge on any atom is -0.413 e. The van der Waals surface area contributed by atoms with Crippen molar-refractivity contribution in [3.05, 3.63) is 35.4 Å². The SMILES string of the molecule is CC(C)(C)[Si](C)(C)OCc1cccc([C@@]2(O)CC[C@]3(C)[C@@H](CO)CC[C@]3(O)C2)c1. The summed E-state index contributed by atoms with van der Waals surface area (Å²) in [7, 11) is -1.84. The van der Waals surface area contributed by atoms with Crippen molar-refractivity contribution in [3.63, 3.8) is 0 Å². The van der Waals surface area contributed by atoms with Gasteiger partial charge >= 0.3 is 0 Å². The van der Waals surface area contributed by atoms with Crippen molar-refractivity contribution in [2.45, 2.75) is 95.7 Å². The normalized spacial score (nSPS) is 35.6. The molecule has 0 unspecified atom stereocenters. The second kappa shape index (κ2) is 7.45. The van der Waals surface area contributed by atoms with Crippen LogP contribution in [0.4, 0.5) is 0 Å². The van der Waals surface area contributed by atoms with E-state index in [2.05, 4.69) is 52.9 Å². The molecule has 0 heterocycles. The average Bonchev–Trinajstić information content (AvgIpc) is 2.89. The highest BCUT2D eigenvalue weighted by Crippen LogP contribution is 2.61. The van der Waals surface area contributed by atoms with Gasteiger partial charge in [0.2, 0.25) is 0 Å². The molecular weight excluding hydrogens is 380 g/mol. The Bertz CT molecular complexity index is 743. The van der Waals surface area contributed by atoms with Crippen LogP contribution >= 0.6 is 0 Å². The molecule has 0 saturated heterocycles. The second-order valence-electron chi connectivity index (χ2n) is 11.3. The van der Waals surface area contributed by atoms with E-state index in [1.807, 2.05) is 12.1 Å². The van der Waals surface area contributed by atoms with Gasteiger partial charge in [-0.15, -0.1) is 0 Å². The molecule has 29 heavy (non-hydrogen) atoms. The van der Waals surface area contributed by atoms with E-state index in [1.165, 1.54) is 0 Å². The molecule has 0 aliphatic heterocycles. The molecule has 5 heteroatoms. The van der Waals surface area contributed by atoms with Crippen LogP contribution in [0.5, 0.6) is 0 Å². The lowest BCUT2D eigenvalue weighted by atomic mass is 9.58. The number of aliphatic hydroxyl groups excluding tert-OH is 1. The van der Waals surface area contributed by atoms with Crippen molar-refractivity contribution < 1.29 is 19.7 Å². The Labute approximate surface area is 177 Å². The van der Waals surface area contributed by atoms with Gasteiger partial charge in [-0.25, -0.2) is 0 Å². The summed E-state index contributed by atoms with van der Waals surface area (Å²) >= 11 is 0. The van der Waals surface area contributed by atoms with E-state index < -0.39 is 19.5 Å². The van der Waals surface area contributed by atoms with E-state index in [0.717, 1.165) is 24.0 Å². The lowest BCUT2D eigenvalue weighted by Gasteiger charge is -2.52. The smallest absolute Gasteiger partial charge is 0.192 e. The molecule has 2 aliphatic carbocycles. The van der Waals surface area contributed by atoms with E-state index in [-0.39, 0.29) is 23.0 Å². The molecule has 0 bridgehead atoms. The molecule has 164 valence electrons. The van der Waals surface area contributed by atoms with Crippen molar-refractivity contribution >= 4 is 8.32 Å². The van der Waals surface area contributed by atoms with E-state index in [9.17, 15) is 15.3 Å². The van der Waals surface area contributed by atoms with Crippen LogP contribution < -0.4 is 0 Å². The van der Waals surface area contributed by atoms with E-state index >= 15 is 0 Å². The number of benzene rings is 1. The van der Waals surface area contributed by atoms with Crippen LogP contribution in [-0.4, -0.2) is 35.8 Å². The molecule has 0 aromatic heterocycles. The number of rotatable bonds is 5. The van der Waals surface area contributed by atoms with Gasteiger partial charge in [0.05, 0.1) is 17.8 Å².